The van der Waals surface area contributed by atoms with Crippen molar-refractivity contribution in [1.29, 1.82) is 0 Å². The molecule has 0 amide bonds. The van der Waals surface area contributed by atoms with E-state index in [1.807, 2.05) is 0 Å². The highest BCUT2D eigenvalue weighted by atomic mass is 16.5. The summed E-state index contributed by atoms with van der Waals surface area (Å²) in [6, 6.07) is 0. The summed E-state index contributed by atoms with van der Waals surface area (Å²) in [6.07, 6.45) is 0.140. The molecule has 0 fully saturated rings. The van der Waals surface area contributed by atoms with Crippen molar-refractivity contribution >= 4 is 11.9 Å². The number of hydrogen-bond donors (Lipinski definition) is 2. The first-order chi connectivity index (χ1) is 5.49. The molecule has 1 atom stereocenters. The fourth-order valence-corrected chi connectivity index (χ4v) is 0.818. The minimum absolute atomic E-state index is 0. The summed E-state index contributed by atoms with van der Waals surface area (Å²) in [7, 11) is 1.01. The van der Waals surface area contributed by atoms with E-state index in [9.17, 15) is 19.8 Å². The Balaban J connectivity index is 0. The van der Waals surface area contributed by atoms with Gasteiger partial charge in [-0.2, -0.15) is 0 Å². The van der Waals surface area contributed by atoms with Crippen molar-refractivity contribution in [2.24, 2.45) is 0 Å². The lowest BCUT2D eigenvalue weighted by molar-refractivity contribution is -0.323. The van der Waals surface area contributed by atoms with Gasteiger partial charge in [0.25, 0.3) is 0 Å². The first-order valence-corrected chi connectivity index (χ1v) is 3.51. The summed E-state index contributed by atoms with van der Waals surface area (Å²) in [5.41, 5.74) is -2.50. The zero-order valence-corrected chi connectivity index (χ0v) is 7.99. The fourth-order valence-electron chi connectivity index (χ4n) is 0.818. The minimum atomic E-state index is -2.50. The average molecular weight is 193 g/mol. The Kier molecular flexibility index (Phi) is 6.08. The van der Waals surface area contributed by atoms with E-state index in [1.165, 1.54) is 0 Å². The van der Waals surface area contributed by atoms with Crippen LogP contribution in [0.4, 0.5) is 0 Å². The maximum absolute atomic E-state index is 10.8. The Morgan fingerprint density at radius 3 is 2.23 bits per heavy atom. The maximum Gasteiger partial charge on any atom is 0.343 e. The number of aliphatic carboxylic acids is 1. The molecule has 0 aromatic carbocycles. The van der Waals surface area contributed by atoms with E-state index >= 15 is 0 Å². The van der Waals surface area contributed by atoms with Gasteiger partial charge in [0.05, 0.1) is 13.1 Å². The van der Waals surface area contributed by atoms with Gasteiger partial charge in [-0.05, 0) is 6.42 Å². The second-order valence-electron chi connectivity index (χ2n) is 2.39. The number of carboxylic acids is 1. The Morgan fingerprint density at radius 2 is 2.00 bits per heavy atom. The van der Waals surface area contributed by atoms with Crippen molar-refractivity contribution in [3.63, 3.8) is 0 Å². The summed E-state index contributed by atoms with van der Waals surface area (Å²) in [5, 5.41) is 19.6. The van der Waals surface area contributed by atoms with E-state index in [4.69, 9.17) is 0 Å². The summed E-state index contributed by atoms with van der Waals surface area (Å²) in [6.45, 7) is 1.64. The number of carboxylic acid groups (broad SMARTS) is 1. The lowest BCUT2D eigenvalue weighted by Gasteiger charge is -2.25. The van der Waals surface area contributed by atoms with Crippen LogP contribution >= 0.6 is 0 Å². The van der Waals surface area contributed by atoms with Crippen LogP contribution < -0.4 is 11.3 Å². The molecule has 78 valence electrons. The first-order valence-electron chi connectivity index (χ1n) is 3.51. The van der Waals surface area contributed by atoms with Gasteiger partial charge in [-0.1, -0.05) is 13.3 Å². The largest absolute Gasteiger partial charge is 0.546 e. The smallest absolute Gasteiger partial charge is 0.343 e. The van der Waals surface area contributed by atoms with Gasteiger partial charge >= 0.3 is 5.97 Å². The van der Waals surface area contributed by atoms with Gasteiger partial charge in [0.1, 0.15) is 0 Å². The van der Waals surface area contributed by atoms with Gasteiger partial charge in [0, 0.05) is 0 Å². The summed E-state index contributed by atoms with van der Waals surface area (Å²) >= 11 is 0. The van der Waals surface area contributed by atoms with Gasteiger partial charge in [0.2, 0.25) is 5.60 Å². The van der Waals surface area contributed by atoms with Crippen LogP contribution in [0.1, 0.15) is 19.8 Å². The molecule has 13 heavy (non-hydrogen) atoms. The molecule has 0 spiro atoms. The third-order valence-corrected chi connectivity index (χ3v) is 1.47. The van der Waals surface area contributed by atoms with Crippen molar-refractivity contribution in [2.45, 2.75) is 25.4 Å². The van der Waals surface area contributed by atoms with Gasteiger partial charge < -0.3 is 25.9 Å². The molecule has 0 aliphatic carbocycles. The van der Waals surface area contributed by atoms with Crippen LogP contribution in [-0.2, 0) is 14.3 Å². The number of quaternary nitrogens is 1. The predicted octanol–water partition coefficient (Wildman–Crippen LogP) is -1.18. The highest BCUT2D eigenvalue weighted by molar-refractivity contribution is 6.01. The Hall–Kier alpha value is -1.14. The molecule has 0 aliphatic rings. The fraction of sp³-hybridized carbons (Fsp3) is 0.714. The molecule has 0 saturated carbocycles. The molecule has 0 heterocycles. The van der Waals surface area contributed by atoms with Crippen LogP contribution in [0.3, 0.4) is 0 Å². The van der Waals surface area contributed by atoms with Crippen LogP contribution in [0, 0.1) is 0 Å². The molecule has 0 aromatic heterocycles. The quantitative estimate of drug-likeness (QED) is 0.429. The van der Waals surface area contributed by atoms with Crippen LogP contribution in [0.2, 0.25) is 0 Å². The molecule has 1 unspecified atom stereocenters. The summed E-state index contributed by atoms with van der Waals surface area (Å²) < 4.78 is 4.12. The second-order valence-corrected chi connectivity index (χ2v) is 2.39. The number of aliphatic hydroxyl groups is 1. The molecule has 0 rings (SSSR count). The normalized spacial score (nSPS) is 13.8. The highest BCUT2D eigenvalue weighted by Crippen LogP contribution is 2.13. The molecular formula is C7H15NO5. The molecule has 6 heteroatoms. The minimum Gasteiger partial charge on any atom is -0.546 e. The van der Waals surface area contributed by atoms with Crippen molar-refractivity contribution in [2.75, 3.05) is 7.11 Å². The lowest BCUT2D eigenvalue weighted by Crippen LogP contribution is -2.54. The number of hydrogen-bond acceptors (Lipinski definition) is 5. The lowest BCUT2D eigenvalue weighted by atomic mass is 9.99. The Bertz CT molecular complexity index is 193. The SMILES string of the molecule is CCCC(O)(C(=O)[O-])C(=O)OC.[NH4+]. The van der Waals surface area contributed by atoms with Crippen LogP contribution in [0.5, 0.6) is 0 Å². The molecule has 0 aromatic rings. The van der Waals surface area contributed by atoms with Crippen LogP contribution in [-0.4, -0.2) is 29.8 Å². The van der Waals surface area contributed by atoms with E-state index in [0.717, 1.165) is 7.11 Å². The van der Waals surface area contributed by atoms with Gasteiger partial charge in [-0.25, -0.2) is 4.79 Å². The molecule has 0 bridgehead atoms. The summed E-state index contributed by atoms with van der Waals surface area (Å²) in [5.74, 6) is -3.01. The average Bonchev–Trinajstić information content (AvgIpc) is 2.03. The number of carbonyl (C=O) groups excluding carboxylic acids is 2. The van der Waals surface area contributed by atoms with E-state index in [-0.39, 0.29) is 12.6 Å². The van der Waals surface area contributed by atoms with Gasteiger partial charge in [-0.15, -0.1) is 0 Å². The number of rotatable bonds is 4. The summed E-state index contributed by atoms with van der Waals surface area (Å²) in [4.78, 5) is 21.1. The zero-order valence-electron chi connectivity index (χ0n) is 7.99. The molecule has 0 saturated heterocycles. The number of carbonyl (C=O) groups is 2. The molecule has 0 radical (unpaired) electrons. The molecular weight excluding hydrogens is 178 g/mol. The molecule has 5 N–H and O–H groups in total. The van der Waals surface area contributed by atoms with Crippen molar-refractivity contribution < 1.29 is 24.5 Å². The van der Waals surface area contributed by atoms with E-state index in [2.05, 4.69) is 4.74 Å². The number of ether oxygens (including phenoxy) is 1. The van der Waals surface area contributed by atoms with Gasteiger partial charge in [0.15, 0.2) is 0 Å². The number of methoxy groups -OCH3 is 1. The highest BCUT2D eigenvalue weighted by Gasteiger charge is 2.37. The maximum atomic E-state index is 10.8. The third kappa shape index (κ3) is 3.00. The Labute approximate surface area is 76.1 Å². The second kappa shape index (κ2) is 5.50. The standard InChI is InChI=1S/C7H12O5.H3N/c1-3-4-7(11,5(8)9)6(10)12-2;/h11H,3-4H2,1-2H3,(H,8,9);1H3. The van der Waals surface area contributed by atoms with Crippen molar-refractivity contribution in [1.82, 2.24) is 6.15 Å². The van der Waals surface area contributed by atoms with E-state index in [0.29, 0.717) is 6.42 Å². The Morgan fingerprint density at radius 1 is 1.54 bits per heavy atom. The van der Waals surface area contributed by atoms with Crippen LogP contribution in [0.25, 0.3) is 0 Å². The number of esters is 1. The third-order valence-electron chi connectivity index (χ3n) is 1.47. The zero-order chi connectivity index (χ0) is 9.78. The molecule has 6 nitrogen and oxygen atoms in total. The van der Waals surface area contributed by atoms with Crippen LogP contribution in [0.15, 0.2) is 0 Å². The monoisotopic (exact) mass is 193 g/mol. The van der Waals surface area contributed by atoms with Crippen molar-refractivity contribution in [3.8, 4) is 0 Å². The van der Waals surface area contributed by atoms with E-state index < -0.39 is 17.5 Å². The van der Waals surface area contributed by atoms with Crippen molar-refractivity contribution in [3.05, 3.63) is 0 Å². The predicted molar refractivity (Wildman–Crippen MR) is 42.9 cm³/mol. The van der Waals surface area contributed by atoms with Gasteiger partial charge in [-0.3, -0.25) is 0 Å². The topological polar surface area (TPSA) is 123 Å². The first kappa shape index (κ1) is 14.4. The molecule has 0 aliphatic heterocycles. The van der Waals surface area contributed by atoms with E-state index in [1.54, 1.807) is 6.92 Å².